The van der Waals surface area contributed by atoms with Gasteiger partial charge in [0.25, 0.3) is 0 Å². The van der Waals surface area contributed by atoms with Crippen molar-refractivity contribution in [2.75, 3.05) is 0 Å². The third kappa shape index (κ3) is 5.68. The van der Waals surface area contributed by atoms with E-state index in [0.29, 0.717) is 34.0 Å². The van der Waals surface area contributed by atoms with Crippen LogP contribution in [0.25, 0.3) is 27.9 Å². The normalized spacial score (nSPS) is 11.8. The van der Waals surface area contributed by atoms with Crippen LogP contribution in [0.2, 0.25) is 5.02 Å². The van der Waals surface area contributed by atoms with E-state index in [0.717, 1.165) is 32.5 Å². The molecule has 7 nitrogen and oxygen atoms in total. The largest absolute Gasteiger partial charge is 0.618 e. The zero-order valence-electron chi connectivity index (χ0n) is 22.8. The number of pyridine rings is 1. The summed E-state index contributed by atoms with van der Waals surface area (Å²) in [4.78, 5) is 11.8. The Morgan fingerprint density at radius 3 is 2.38 bits per heavy atom. The molecule has 8 heteroatoms. The molecule has 0 aliphatic rings. The van der Waals surface area contributed by atoms with Crippen molar-refractivity contribution >= 4 is 17.4 Å². The number of carbonyl (C=O) groups is 1. The van der Waals surface area contributed by atoms with Crippen molar-refractivity contribution in [1.29, 1.82) is 0 Å². The van der Waals surface area contributed by atoms with Gasteiger partial charge in [0.2, 0.25) is 5.69 Å². The number of hydrogen-bond donors (Lipinski definition) is 0. The highest BCUT2D eigenvalue weighted by atomic mass is 35.5. The Balaban J connectivity index is 1.42. The lowest BCUT2D eigenvalue weighted by atomic mass is 9.87. The third-order valence-electron chi connectivity index (χ3n) is 7.36. The predicted molar refractivity (Wildman–Crippen MR) is 162 cm³/mol. The van der Waals surface area contributed by atoms with Gasteiger partial charge in [-0.05, 0) is 70.3 Å². The van der Waals surface area contributed by atoms with Gasteiger partial charge in [-0.25, -0.2) is 0 Å². The van der Waals surface area contributed by atoms with E-state index in [1.165, 1.54) is 6.33 Å². The fourth-order valence-electron chi connectivity index (χ4n) is 5.21. The monoisotopic (exact) mass is 571 g/mol. The molecule has 0 saturated carbocycles. The second-order valence-corrected chi connectivity index (χ2v) is 10.5. The molecule has 0 aliphatic heterocycles. The maximum absolute atomic E-state index is 13.8. The lowest BCUT2D eigenvalue weighted by molar-refractivity contribution is -0.614. The van der Waals surface area contributed by atoms with Crippen LogP contribution in [0.1, 0.15) is 40.0 Å². The summed E-state index contributed by atoms with van der Waals surface area (Å²) >= 11 is 6.35. The van der Waals surface area contributed by atoms with Gasteiger partial charge in [-0.1, -0.05) is 90.5 Å². The topological polar surface area (TPSA) is 87.6 Å². The zero-order valence-corrected chi connectivity index (χ0v) is 23.5. The minimum Gasteiger partial charge on any atom is -0.618 e. The number of tetrazole rings is 1. The minimum absolute atomic E-state index is 0.0320. The molecule has 0 radical (unpaired) electrons. The first kappa shape index (κ1) is 27.1. The number of halogens is 1. The molecule has 0 amide bonds. The number of benzene rings is 4. The molecule has 2 aromatic heterocycles. The van der Waals surface area contributed by atoms with Crippen LogP contribution >= 0.6 is 11.6 Å². The maximum Gasteiger partial charge on any atom is 0.200 e. The number of aromatic nitrogens is 5. The SMILES string of the molecule is CC(=O)c1ccc(-c2cccc(C(Cc3ccccc3)c3ccc(-c4cc(Cl)ccc4-n4cnnn4)c[n+]3[O-])c2)cc1. The molecule has 0 bridgehead atoms. The van der Waals surface area contributed by atoms with Crippen LogP contribution in [-0.2, 0) is 6.42 Å². The van der Waals surface area contributed by atoms with Gasteiger partial charge >= 0.3 is 0 Å². The van der Waals surface area contributed by atoms with Crippen molar-refractivity contribution in [3.63, 3.8) is 0 Å². The number of hydrogen-bond acceptors (Lipinski definition) is 5. The van der Waals surface area contributed by atoms with E-state index in [1.54, 1.807) is 29.9 Å². The van der Waals surface area contributed by atoms with Crippen LogP contribution in [-0.4, -0.2) is 26.0 Å². The van der Waals surface area contributed by atoms with Crippen LogP contribution < -0.4 is 4.73 Å². The first-order valence-electron chi connectivity index (χ1n) is 13.5. The second-order valence-electron chi connectivity index (χ2n) is 10.1. The van der Waals surface area contributed by atoms with Crippen molar-refractivity contribution in [3.05, 3.63) is 154 Å². The Bertz CT molecular complexity index is 1860. The molecule has 4 aromatic carbocycles. The Labute approximate surface area is 248 Å². The Hall–Kier alpha value is -5.14. The molecular weight excluding hydrogens is 546 g/mol. The number of Topliss-reactive ketones (excluding diaryl/α,β-unsaturated/α-hetero) is 1. The van der Waals surface area contributed by atoms with Crippen LogP contribution in [0.5, 0.6) is 0 Å². The summed E-state index contributed by atoms with van der Waals surface area (Å²) in [6.07, 6.45) is 3.72. The molecule has 42 heavy (non-hydrogen) atoms. The van der Waals surface area contributed by atoms with E-state index in [9.17, 15) is 10.0 Å². The highest BCUT2D eigenvalue weighted by molar-refractivity contribution is 6.31. The summed E-state index contributed by atoms with van der Waals surface area (Å²) in [5, 5.41) is 25.8. The molecule has 0 N–H and O–H groups in total. The third-order valence-corrected chi connectivity index (χ3v) is 7.60. The average Bonchev–Trinajstić information content (AvgIpc) is 3.56. The molecule has 6 aromatic rings. The molecule has 0 spiro atoms. The number of nitrogens with zero attached hydrogens (tertiary/aromatic N) is 5. The van der Waals surface area contributed by atoms with Gasteiger partial charge in [-0.2, -0.15) is 9.41 Å². The molecule has 6 rings (SSSR count). The molecule has 0 aliphatic carbocycles. The Morgan fingerprint density at radius 2 is 1.67 bits per heavy atom. The molecule has 1 unspecified atom stereocenters. The Morgan fingerprint density at radius 1 is 0.881 bits per heavy atom. The van der Waals surface area contributed by atoms with Crippen molar-refractivity contribution in [1.82, 2.24) is 20.2 Å². The molecule has 0 fully saturated rings. The van der Waals surface area contributed by atoms with E-state index >= 15 is 0 Å². The highest BCUT2D eigenvalue weighted by Gasteiger charge is 2.24. The summed E-state index contributed by atoms with van der Waals surface area (Å²) in [6.45, 7) is 1.56. The average molecular weight is 572 g/mol. The van der Waals surface area contributed by atoms with Gasteiger partial charge in [0.1, 0.15) is 6.33 Å². The van der Waals surface area contributed by atoms with Crippen LogP contribution in [0.3, 0.4) is 0 Å². The van der Waals surface area contributed by atoms with E-state index in [1.807, 2.05) is 72.8 Å². The van der Waals surface area contributed by atoms with Gasteiger partial charge in [0.15, 0.2) is 12.0 Å². The second kappa shape index (κ2) is 11.8. The van der Waals surface area contributed by atoms with Gasteiger partial charge in [0.05, 0.1) is 11.6 Å². The summed E-state index contributed by atoms with van der Waals surface area (Å²) in [5.74, 6) is -0.182. The van der Waals surface area contributed by atoms with Gasteiger partial charge in [0, 0.05) is 27.8 Å². The van der Waals surface area contributed by atoms with Gasteiger partial charge in [-0.3, -0.25) is 4.79 Å². The highest BCUT2D eigenvalue weighted by Crippen LogP contribution is 2.33. The van der Waals surface area contributed by atoms with Crippen molar-refractivity contribution in [2.24, 2.45) is 0 Å². The fraction of sp³-hybridized carbons (Fsp3) is 0.0882. The summed E-state index contributed by atoms with van der Waals surface area (Å²) in [6, 6.07) is 35.2. The number of carbonyl (C=O) groups excluding carboxylic acids is 1. The fourth-order valence-corrected chi connectivity index (χ4v) is 5.38. The summed E-state index contributed by atoms with van der Waals surface area (Å²) in [5.41, 5.74) is 7.59. The quantitative estimate of drug-likeness (QED) is 0.113. The smallest absolute Gasteiger partial charge is 0.200 e. The van der Waals surface area contributed by atoms with E-state index in [-0.39, 0.29) is 11.7 Å². The Kier molecular flexibility index (Phi) is 7.58. The van der Waals surface area contributed by atoms with Crippen LogP contribution in [0, 0.1) is 5.21 Å². The van der Waals surface area contributed by atoms with Crippen molar-refractivity contribution < 1.29 is 9.52 Å². The molecule has 2 heterocycles. The van der Waals surface area contributed by atoms with Crippen molar-refractivity contribution in [2.45, 2.75) is 19.3 Å². The first-order valence-corrected chi connectivity index (χ1v) is 13.9. The van der Waals surface area contributed by atoms with E-state index in [4.69, 9.17) is 11.6 Å². The maximum atomic E-state index is 13.8. The lowest BCUT2D eigenvalue weighted by Crippen LogP contribution is -2.34. The first-order chi connectivity index (χ1) is 20.5. The zero-order chi connectivity index (χ0) is 29.1. The van der Waals surface area contributed by atoms with Gasteiger partial charge in [-0.15, -0.1) is 5.10 Å². The number of rotatable bonds is 8. The molecular formula is C34H26ClN5O2. The summed E-state index contributed by atoms with van der Waals surface area (Å²) in [7, 11) is 0. The molecule has 1 atom stereocenters. The van der Waals surface area contributed by atoms with Crippen LogP contribution in [0.4, 0.5) is 0 Å². The minimum atomic E-state index is -0.214. The molecule has 0 saturated heterocycles. The van der Waals surface area contributed by atoms with Gasteiger partial charge < -0.3 is 5.21 Å². The predicted octanol–water partition coefficient (Wildman–Crippen LogP) is 6.86. The summed E-state index contributed by atoms with van der Waals surface area (Å²) < 4.78 is 2.49. The van der Waals surface area contributed by atoms with Crippen molar-refractivity contribution in [3.8, 4) is 27.9 Å². The number of ketones is 1. The van der Waals surface area contributed by atoms with E-state index < -0.39 is 0 Å². The molecule has 206 valence electrons. The van der Waals surface area contributed by atoms with Crippen LogP contribution in [0.15, 0.2) is 122 Å². The standard InChI is InChI=1S/C34H26ClN5O2/c1-23(41)25-10-12-26(13-11-25)27-8-5-9-28(19-27)31(18-24-6-3-2-4-7-24)34-16-14-29(21-40(34)42)32-20-30(35)15-17-33(32)39-22-36-37-38-39/h2-17,19-22,31H,18H2,1H3. The lowest BCUT2D eigenvalue weighted by Gasteiger charge is -2.19. The van der Waals surface area contributed by atoms with E-state index in [2.05, 4.69) is 39.8 Å².